The number of hydrogen-bond acceptors (Lipinski definition) is 9. The van der Waals surface area contributed by atoms with Crippen LogP contribution in [0.5, 0.6) is 0 Å². The van der Waals surface area contributed by atoms with Crippen LogP contribution in [-0.4, -0.2) is 57.5 Å². The summed E-state index contributed by atoms with van der Waals surface area (Å²) in [5.41, 5.74) is 1.27. The molecule has 0 spiro atoms. The molecule has 0 heterocycles. The molecule has 0 saturated heterocycles. The van der Waals surface area contributed by atoms with Crippen LogP contribution in [0.4, 0.5) is 5.69 Å². The Balaban J connectivity index is 2.87. The van der Waals surface area contributed by atoms with Crippen LogP contribution >= 0.6 is 0 Å². The third-order valence-corrected chi connectivity index (χ3v) is 4.74. The summed E-state index contributed by atoms with van der Waals surface area (Å²) in [4.78, 5) is 57.4. The molecule has 1 aromatic rings. The highest BCUT2D eigenvalue weighted by molar-refractivity contribution is 6.00. The van der Waals surface area contributed by atoms with Gasteiger partial charge in [-0.2, -0.15) is 0 Å². The van der Waals surface area contributed by atoms with Crippen LogP contribution in [-0.2, 0) is 33.8 Å². The maximum Gasteiger partial charge on any atom is 0.338 e. The average Bonchev–Trinajstić information content (AvgIpc) is 2.82. The minimum absolute atomic E-state index is 0.00246. The molecule has 1 rings (SSSR count). The van der Waals surface area contributed by atoms with E-state index in [1.165, 1.54) is 18.2 Å². The van der Waals surface area contributed by atoms with Crippen molar-refractivity contribution in [2.24, 2.45) is 5.41 Å². The quantitative estimate of drug-likeness (QED) is 0.107. The Morgan fingerprint density at radius 3 is 1.61 bits per heavy atom. The van der Waals surface area contributed by atoms with Gasteiger partial charge in [0.25, 0.3) is 0 Å². The van der Waals surface area contributed by atoms with E-state index in [-0.39, 0.29) is 62.4 Å². The highest BCUT2D eigenvalue weighted by atomic mass is 17.2. The topological polar surface area (TPSA) is 119 Å². The van der Waals surface area contributed by atoms with Crippen LogP contribution in [0, 0.1) is 5.41 Å². The van der Waals surface area contributed by atoms with E-state index in [0.717, 1.165) is 11.1 Å². The third-order valence-electron chi connectivity index (χ3n) is 4.74. The monoisotopic (exact) mass is 507 g/mol. The number of amides is 1. The van der Waals surface area contributed by atoms with Crippen LogP contribution in [0.2, 0.25) is 0 Å². The minimum atomic E-state index is -0.713. The Morgan fingerprint density at radius 2 is 1.22 bits per heavy atom. The van der Waals surface area contributed by atoms with E-state index < -0.39 is 17.4 Å². The molecule has 200 valence electrons. The van der Waals surface area contributed by atoms with Gasteiger partial charge in [0.1, 0.15) is 39.6 Å². The van der Waals surface area contributed by atoms with Crippen molar-refractivity contribution in [2.45, 2.75) is 41.0 Å². The Labute approximate surface area is 212 Å². The molecule has 0 aliphatic heterocycles. The highest BCUT2D eigenvalue weighted by Gasteiger charge is 2.26. The van der Waals surface area contributed by atoms with Crippen molar-refractivity contribution >= 4 is 23.5 Å². The molecule has 0 saturated carbocycles. The van der Waals surface area contributed by atoms with Crippen molar-refractivity contribution in [3.63, 3.8) is 0 Å². The fourth-order valence-electron chi connectivity index (χ4n) is 2.30. The molecule has 1 amide bonds. The summed E-state index contributed by atoms with van der Waals surface area (Å²) >= 11 is 0. The second-order valence-corrected chi connectivity index (χ2v) is 8.84. The van der Waals surface area contributed by atoms with E-state index >= 15 is 0 Å². The molecule has 0 fully saturated rings. The number of carbonyl (C=O) groups excluding carboxylic acids is 3. The van der Waals surface area contributed by atoms with Gasteiger partial charge in [-0.25, -0.2) is 29.1 Å². The molecule has 0 unspecified atom stereocenters. The molecule has 0 aliphatic carbocycles. The summed E-state index contributed by atoms with van der Waals surface area (Å²) in [6.07, 6.45) is 0.594. The molecule has 10 heteroatoms. The molecule has 10 nitrogen and oxygen atoms in total. The van der Waals surface area contributed by atoms with E-state index in [9.17, 15) is 14.4 Å². The average molecular weight is 508 g/mol. The van der Waals surface area contributed by atoms with Crippen LogP contribution in [0.25, 0.3) is 0 Å². The van der Waals surface area contributed by atoms with Crippen molar-refractivity contribution in [1.29, 1.82) is 0 Å². The van der Waals surface area contributed by atoms with Crippen molar-refractivity contribution in [3.8, 4) is 0 Å². The summed E-state index contributed by atoms with van der Waals surface area (Å²) in [6, 6.07) is 4.17. The second kappa shape index (κ2) is 15.8. The van der Waals surface area contributed by atoms with Crippen LogP contribution < -0.4 is 5.32 Å². The Morgan fingerprint density at radius 1 is 0.778 bits per heavy atom. The third kappa shape index (κ3) is 12.1. The number of hydrogen-bond donors (Lipinski definition) is 1. The summed E-state index contributed by atoms with van der Waals surface area (Å²) in [5, 5.41) is 2.75. The van der Waals surface area contributed by atoms with Crippen molar-refractivity contribution in [3.05, 3.63) is 53.6 Å². The number of rotatable bonds is 17. The van der Waals surface area contributed by atoms with Gasteiger partial charge < -0.3 is 14.8 Å². The molecule has 1 aromatic carbocycles. The van der Waals surface area contributed by atoms with E-state index in [0.29, 0.717) is 6.42 Å². The minimum Gasteiger partial charge on any atom is -0.460 e. The number of esters is 2. The summed E-state index contributed by atoms with van der Waals surface area (Å²) in [5.74, 6) is -1.69. The number of ether oxygens (including phenoxy) is 2. The van der Waals surface area contributed by atoms with Crippen LogP contribution in [0.3, 0.4) is 0 Å². The zero-order chi connectivity index (χ0) is 27.1. The first-order chi connectivity index (χ1) is 17.0. The number of benzene rings is 1. The maximum absolute atomic E-state index is 12.7. The van der Waals surface area contributed by atoms with Crippen LogP contribution in [0.1, 0.15) is 61.8 Å². The summed E-state index contributed by atoms with van der Waals surface area (Å²) < 4.78 is 10.4. The largest absolute Gasteiger partial charge is 0.460 e. The van der Waals surface area contributed by atoms with Gasteiger partial charge in [-0.1, -0.05) is 45.1 Å². The number of carbonyl (C=O) groups is 3. The van der Waals surface area contributed by atoms with Gasteiger partial charge in [0.2, 0.25) is 5.91 Å². The second-order valence-electron chi connectivity index (χ2n) is 8.84. The predicted molar refractivity (Wildman–Crippen MR) is 133 cm³/mol. The van der Waals surface area contributed by atoms with Gasteiger partial charge in [0.05, 0.1) is 11.1 Å². The van der Waals surface area contributed by atoms with E-state index in [4.69, 9.17) is 29.0 Å². The highest BCUT2D eigenvalue weighted by Crippen LogP contribution is 2.24. The smallest absolute Gasteiger partial charge is 0.338 e. The molecule has 1 N–H and O–H groups in total. The van der Waals surface area contributed by atoms with Gasteiger partial charge in [-0.3, -0.25) is 4.79 Å². The summed E-state index contributed by atoms with van der Waals surface area (Å²) in [7, 11) is 0. The fourth-order valence-corrected chi connectivity index (χ4v) is 2.30. The van der Waals surface area contributed by atoms with Crippen molar-refractivity contribution in [1.82, 2.24) is 0 Å². The Hall–Kier alpha value is -3.05. The lowest BCUT2D eigenvalue weighted by atomic mass is 9.89. The Kier molecular flexibility index (Phi) is 13.6. The molecule has 0 atom stereocenters. The first-order valence-corrected chi connectivity index (χ1v) is 11.5. The molecule has 0 bridgehead atoms. The van der Waals surface area contributed by atoms with Crippen molar-refractivity contribution in [2.75, 3.05) is 45.0 Å². The van der Waals surface area contributed by atoms with Gasteiger partial charge in [0.15, 0.2) is 0 Å². The van der Waals surface area contributed by atoms with Crippen molar-refractivity contribution < 1.29 is 43.4 Å². The molecule has 0 aromatic heterocycles. The number of anilines is 1. The normalized spacial score (nSPS) is 11.0. The zero-order valence-corrected chi connectivity index (χ0v) is 21.8. The molecular formula is C26H37NO9. The molecule has 36 heavy (non-hydrogen) atoms. The Bertz CT molecular complexity index is 868. The predicted octanol–water partition coefficient (Wildman–Crippen LogP) is 4.42. The van der Waals surface area contributed by atoms with Gasteiger partial charge in [0, 0.05) is 11.1 Å². The van der Waals surface area contributed by atoms with Gasteiger partial charge >= 0.3 is 11.9 Å². The number of nitrogens with one attached hydrogen (secondary N) is 1. The van der Waals surface area contributed by atoms with E-state index in [2.05, 4.69) is 18.5 Å². The van der Waals surface area contributed by atoms with Gasteiger partial charge in [-0.05, 0) is 38.5 Å². The van der Waals surface area contributed by atoms with Gasteiger partial charge in [-0.15, -0.1) is 0 Å². The maximum atomic E-state index is 12.7. The SMILES string of the molecule is C=C(C)COOCCOC(=O)c1cc(NC(=O)C(C)(C)CC)cc(C(=O)OCCOOCC(=C)C)c1. The standard InChI is InChI=1S/C26H37NO9/c1-8-26(6,7)25(30)27-22-14-20(23(28)31-9-11-33-35-16-18(2)3)13-21(15-22)24(29)32-10-12-34-36-17-19(4)5/h13-15H,2,4,8-12,16-17H2,1,3,5-7H3,(H,27,30). The lowest BCUT2D eigenvalue weighted by Crippen LogP contribution is -2.30. The zero-order valence-electron chi connectivity index (χ0n) is 21.8. The van der Waals surface area contributed by atoms with E-state index in [1.54, 1.807) is 27.7 Å². The first-order valence-electron chi connectivity index (χ1n) is 11.5. The first kappa shape index (κ1) is 31.0. The van der Waals surface area contributed by atoms with E-state index in [1.807, 2.05) is 6.92 Å². The lowest BCUT2D eigenvalue weighted by Gasteiger charge is -2.22. The molecule has 0 aliphatic rings. The lowest BCUT2D eigenvalue weighted by molar-refractivity contribution is -0.291. The van der Waals surface area contributed by atoms with Crippen LogP contribution in [0.15, 0.2) is 42.5 Å². The molecule has 0 radical (unpaired) electrons. The fraction of sp³-hybridized carbons (Fsp3) is 0.500. The summed E-state index contributed by atoms with van der Waals surface area (Å²) in [6.45, 7) is 16.7. The molecular weight excluding hydrogens is 470 g/mol.